The van der Waals surface area contributed by atoms with Gasteiger partial charge in [-0.15, -0.1) is 0 Å². The molecule has 2 aromatic rings. The topological polar surface area (TPSA) is 88.4 Å². The molecule has 6 nitrogen and oxygen atoms in total. The van der Waals surface area contributed by atoms with E-state index in [4.69, 9.17) is 14.2 Å². The monoisotopic (exact) mass is 320 g/mol. The maximum absolute atomic E-state index is 10.4. The van der Waals surface area contributed by atoms with Gasteiger partial charge in [-0.05, 0) is 25.1 Å². The Balaban J connectivity index is 1.88. The highest BCUT2D eigenvalue weighted by Gasteiger charge is 2.35. The van der Waals surface area contributed by atoms with Crippen molar-refractivity contribution in [2.24, 2.45) is 0 Å². The Hall–Kier alpha value is -2.02. The average molecular weight is 320 g/mol. The lowest BCUT2D eigenvalue weighted by Crippen LogP contribution is -2.48. The molecule has 4 atom stereocenters. The van der Waals surface area contributed by atoms with Crippen molar-refractivity contribution in [2.45, 2.75) is 37.9 Å². The van der Waals surface area contributed by atoms with Gasteiger partial charge in [-0.2, -0.15) is 0 Å². The average Bonchev–Trinajstić information content (AvgIpc) is 2.54. The van der Waals surface area contributed by atoms with Gasteiger partial charge in [-0.1, -0.05) is 12.1 Å². The molecule has 1 saturated heterocycles. The van der Waals surface area contributed by atoms with Crippen LogP contribution < -0.4 is 9.47 Å². The summed E-state index contributed by atoms with van der Waals surface area (Å²) in [6.45, 7) is 1.66. The highest BCUT2D eigenvalue weighted by atomic mass is 16.7. The van der Waals surface area contributed by atoms with Crippen molar-refractivity contribution in [2.75, 3.05) is 7.11 Å². The lowest BCUT2D eigenvalue weighted by atomic mass is 10.0. The minimum Gasteiger partial charge on any atom is -0.504 e. The van der Waals surface area contributed by atoms with Gasteiger partial charge in [0.25, 0.3) is 0 Å². The van der Waals surface area contributed by atoms with E-state index in [-0.39, 0.29) is 17.9 Å². The molecule has 0 unspecified atom stereocenters. The largest absolute Gasteiger partial charge is 0.504 e. The van der Waals surface area contributed by atoms with E-state index in [1.54, 1.807) is 38.3 Å². The zero-order valence-electron chi connectivity index (χ0n) is 13.0. The van der Waals surface area contributed by atoms with Crippen molar-refractivity contribution in [3.8, 4) is 17.2 Å². The normalized spacial score (nSPS) is 27.8. The summed E-state index contributed by atoms with van der Waals surface area (Å²) in [6, 6.07) is 8.78. The van der Waals surface area contributed by atoms with Gasteiger partial charge in [0.2, 0.25) is 6.29 Å². The summed E-state index contributed by atoms with van der Waals surface area (Å²) < 4.78 is 16.5. The minimum atomic E-state index is -0.940. The summed E-state index contributed by atoms with van der Waals surface area (Å²) in [7, 11) is 1.57. The first-order valence-corrected chi connectivity index (χ1v) is 7.48. The molecule has 0 radical (unpaired) electrons. The number of aromatic hydroxyl groups is 1. The number of benzene rings is 2. The third-order valence-electron chi connectivity index (χ3n) is 4.11. The Kier molecular flexibility index (Phi) is 4.30. The number of aliphatic hydroxyl groups excluding tert-OH is 2. The second kappa shape index (κ2) is 6.23. The van der Waals surface area contributed by atoms with Crippen LogP contribution in [0.2, 0.25) is 0 Å². The van der Waals surface area contributed by atoms with E-state index in [1.807, 2.05) is 6.07 Å². The van der Waals surface area contributed by atoms with Crippen LogP contribution in [0.1, 0.15) is 13.3 Å². The predicted molar refractivity (Wildman–Crippen MR) is 83.8 cm³/mol. The van der Waals surface area contributed by atoms with E-state index in [0.29, 0.717) is 11.1 Å². The lowest BCUT2D eigenvalue weighted by molar-refractivity contribution is -0.216. The summed E-state index contributed by atoms with van der Waals surface area (Å²) >= 11 is 0. The smallest absolute Gasteiger partial charge is 0.203 e. The highest BCUT2D eigenvalue weighted by Crippen LogP contribution is 2.39. The van der Waals surface area contributed by atoms with Crippen LogP contribution in [0, 0.1) is 0 Å². The first-order valence-electron chi connectivity index (χ1n) is 7.48. The molecule has 1 fully saturated rings. The fourth-order valence-corrected chi connectivity index (χ4v) is 2.81. The van der Waals surface area contributed by atoms with Gasteiger partial charge in [0.05, 0.1) is 19.3 Å². The molecule has 0 amide bonds. The van der Waals surface area contributed by atoms with E-state index >= 15 is 0 Å². The van der Waals surface area contributed by atoms with Gasteiger partial charge in [-0.25, -0.2) is 0 Å². The molecule has 0 aromatic heterocycles. The Morgan fingerprint density at radius 1 is 1.09 bits per heavy atom. The number of phenols is 1. The van der Waals surface area contributed by atoms with E-state index < -0.39 is 24.6 Å². The van der Waals surface area contributed by atoms with Gasteiger partial charge in [-0.3, -0.25) is 0 Å². The van der Waals surface area contributed by atoms with Crippen LogP contribution in [-0.2, 0) is 4.74 Å². The van der Waals surface area contributed by atoms with Crippen LogP contribution in [0.5, 0.6) is 17.2 Å². The molecule has 1 aliphatic rings. The van der Waals surface area contributed by atoms with Crippen LogP contribution >= 0.6 is 0 Å². The number of rotatable bonds is 3. The summed E-state index contributed by atoms with van der Waals surface area (Å²) in [5, 5.41) is 31.3. The summed E-state index contributed by atoms with van der Waals surface area (Å²) in [6.07, 6.45) is -3.03. The minimum absolute atomic E-state index is 0.0155. The van der Waals surface area contributed by atoms with E-state index in [0.717, 1.165) is 5.39 Å². The number of fused-ring (bicyclic) bond motifs is 1. The number of hydrogen-bond acceptors (Lipinski definition) is 6. The van der Waals surface area contributed by atoms with Crippen LogP contribution in [0.25, 0.3) is 10.8 Å². The van der Waals surface area contributed by atoms with Gasteiger partial charge < -0.3 is 29.5 Å². The molecule has 3 N–H and O–H groups in total. The zero-order chi connectivity index (χ0) is 16.6. The molecule has 124 valence electrons. The van der Waals surface area contributed by atoms with Crippen LogP contribution in [0.15, 0.2) is 30.3 Å². The molecule has 1 aliphatic heterocycles. The van der Waals surface area contributed by atoms with Crippen molar-refractivity contribution in [1.82, 2.24) is 0 Å². The first kappa shape index (κ1) is 15.9. The van der Waals surface area contributed by atoms with Crippen LogP contribution in [-0.4, -0.2) is 47.0 Å². The maximum atomic E-state index is 10.4. The van der Waals surface area contributed by atoms with Gasteiger partial charge in [0.15, 0.2) is 11.5 Å². The molecule has 6 heteroatoms. The third kappa shape index (κ3) is 2.93. The number of aliphatic hydroxyl groups is 2. The highest BCUT2D eigenvalue weighted by molar-refractivity contribution is 5.94. The second-order valence-electron chi connectivity index (χ2n) is 5.65. The van der Waals surface area contributed by atoms with Gasteiger partial charge in [0, 0.05) is 17.2 Å². The van der Waals surface area contributed by atoms with E-state index in [2.05, 4.69) is 0 Å². The van der Waals surface area contributed by atoms with Gasteiger partial charge in [0.1, 0.15) is 11.9 Å². The van der Waals surface area contributed by atoms with Crippen LogP contribution in [0.3, 0.4) is 0 Å². The van der Waals surface area contributed by atoms with Crippen molar-refractivity contribution in [1.29, 1.82) is 0 Å². The molecular weight excluding hydrogens is 300 g/mol. The Bertz CT molecular complexity index is 689. The number of ether oxygens (including phenoxy) is 3. The fourth-order valence-electron chi connectivity index (χ4n) is 2.81. The third-order valence-corrected chi connectivity index (χ3v) is 4.11. The van der Waals surface area contributed by atoms with Crippen molar-refractivity contribution >= 4 is 10.8 Å². The van der Waals surface area contributed by atoms with Crippen molar-refractivity contribution < 1.29 is 29.5 Å². The maximum Gasteiger partial charge on any atom is 0.203 e. The molecule has 1 heterocycles. The quantitative estimate of drug-likeness (QED) is 0.799. The SMILES string of the molecule is COc1cccc2c(O)c(O[C@H]3C[C@@H](O)[C@H](O)[C@@H](C)O3)ccc12. The first-order chi connectivity index (χ1) is 11.0. The fraction of sp³-hybridized carbons (Fsp3) is 0.412. The lowest BCUT2D eigenvalue weighted by Gasteiger charge is -2.35. The zero-order valence-corrected chi connectivity index (χ0v) is 13.0. The standard InChI is InChI=1S/C17H20O6/c1-9-16(19)12(18)8-15(22-9)23-14-7-6-10-11(17(14)20)4-3-5-13(10)21-2/h3-7,9,12,15-16,18-20H,8H2,1-2H3/t9-,12-,15+,16-/m1/s1. The Morgan fingerprint density at radius 3 is 2.57 bits per heavy atom. The molecule has 0 bridgehead atoms. The second-order valence-corrected chi connectivity index (χ2v) is 5.65. The van der Waals surface area contributed by atoms with Crippen molar-refractivity contribution in [3.05, 3.63) is 30.3 Å². The van der Waals surface area contributed by atoms with E-state index in [1.165, 1.54) is 0 Å². The molecular formula is C17H20O6. The summed E-state index contributed by atoms with van der Waals surface area (Å²) in [5.41, 5.74) is 0. The summed E-state index contributed by atoms with van der Waals surface area (Å²) in [5.74, 6) is 0.898. The number of hydrogen-bond donors (Lipinski definition) is 3. The Labute approximate surface area is 133 Å². The molecule has 2 aromatic carbocycles. The molecule has 0 spiro atoms. The summed E-state index contributed by atoms with van der Waals surface area (Å²) in [4.78, 5) is 0. The van der Waals surface area contributed by atoms with E-state index in [9.17, 15) is 15.3 Å². The number of phenolic OH excluding ortho intramolecular Hbond substituents is 1. The molecule has 23 heavy (non-hydrogen) atoms. The van der Waals surface area contributed by atoms with Crippen LogP contribution in [0.4, 0.5) is 0 Å². The molecule has 0 saturated carbocycles. The van der Waals surface area contributed by atoms with Gasteiger partial charge >= 0.3 is 0 Å². The Morgan fingerprint density at radius 2 is 1.87 bits per heavy atom. The molecule has 0 aliphatic carbocycles. The molecule has 3 rings (SSSR count). The predicted octanol–water partition coefficient (Wildman–Crippen LogP) is 1.79. The van der Waals surface area contributed by atoms with Crippen molar-refractivity contribution in [3.63, 3.8) is 0 Å². The number of methoxy groups -OCH3 is 1.